The van der Waals surface area contributed by atoms with Gasteiger partial charge in [0.05, 0.1) is 5.92 Å². The van der Waals surface area contributed by atoms with Crippen molar-refractivity contribution >= 4 is 22.8 Å². The molecule has 0 fully saturated rings. The van der Waals surface area contributed by atoms with E-state index in [4.69, 9.17) is 16.7 Å². The molecular formula is C11H19ClO3. The lowest BCUT2D eigenvalue weighted by molar-refractivity contribution is -0.142. The van der Waals surface area contributed by atoms with E-state index >= 15 is 0 Å². The van der Waals surface area contributed by atoms with Crippen molar-refractivity contribution in [3.05, 3.63) is 0 Å². The Bertz CT molecular complexity index is 204. The molecule has 0 radical (unpaired) electrons. The van der Waals surface area contributed by atoms with Crippen molar-refractivity contribution in [2.45, 2.75) is 51.9 Å². The van der Waals surface area contributed by atoms with Crippen LogP contribution in [-0.4, -0.2) is 16.3 Å². The van der Waals surface area contributed by atoms with Crippen LogP contribution in [0.1, 0.15) is 51.9 Å². The quantitative estimate of drug-likeness (QED) is 0.492. The van der Waals surface area contributed by atoms with Gasteiger partial charge >= 0.3 is 5.97 Å². The number of rotatable bonds is 9. The Hall–Kier alpha value is -0.570. The molecule has 0 heterocycles. The first-order valence-electron chi connectivity index (χ1n) is 5.49. The largest absolute Gasteiger partial charge is 0.481 e. The molecule has 88 valence electrons. The predicted molar refractivity (Wildman–Crippen MR) is 60.0 cm³/mol. The molecule has 0 bridgehead atoms. The third-order valence-corrected chi connectivity index (χ3v) is 2.71. The number of carbonyl (C=O) groups excluding carboxylic acids is 1. The van der Waals surface area contributed by atoms with Crippen LogP contribution < -0.4 is 0 Å². The highest BCUT2D eigenvalue weighted by Gasteiger charge is 2.13. The second-order valence-corrected chi connectivity index (χ2v) is 4.17. The molecule has 0 saturated carbocycles. The van der Waals surface area contributed by atoms with Crippen LogP contribution in [0.5, 0.6) is 0 Å². The highest BCUT2D eigenvalue weighted by molar-refractivity contribution is 6.63. The van der Waals surface area contributed by atoms with Gasteiger partial charge in [0.2, 0.25) is 5.24 Å². The van der Waals surface area contributed by atoms with Crippen LogP contribution in [0.25, 0.3) is 0 Å². The van der Waals surface area contributed by atoms with Gasteiger partial charge < -0.3 is 5.11 Å². The molecule has 0 aliphatic carbocycles. The fraction of sp³-hybridized carbons (Fsp3) is 0.818. The molecule has 3 nitrogen and oxygen atoms in total. The van der Waals surface area contributed by atoms with Crippen LogP contribution in [0.4, 0.5) is 0 Å². The number of aliphatic carboxylic acids is 1. The van der Waals surface area contributed by atoms with E-state index in [9.17, 15) is 9.59 Å². The summed E-state index contributed by atoms with van der Waals surface area (Å²) in [5.74, 6) is -0.909. The molecule has 0 aromatic carbocycles. The van der Waals surface area contributed by atoms with Crippen molar-refractivity contribution in [2.24, 2.45) is 5.92 Å². The van der Waals surface area contributed by atoms with Gasteiger partial charge in [-0.15, -0.1) is 0 Å². The van der Waals surface area contributed by atoms with Crippen molar-refractivity contribution in [1.29, 1.82) is 0 Å². The highest BCUT2D eigenvalue weighted by atomic mass is 35.5. The molecular weight excluding hydrogens is 216 g/mol. The van der Waals surface area contributed by atoms with E-state index in [2.05, 4.69) is 0 Å². The lowest BCUT2D eigenvalue weighted by Gasteiger charge is -2.08. The zero-order valence-corrected chi connectivity index (χ0v) is 9.92. The Kier molecular flexibility index (Phi) is 8.38. The zero-order valence-electron chi connectivity index (χ0n) is 9.17. The second-order valence-electron chi connectivity index (χ2n) is 3.75. The van der Waals surface area contributed by atoms with E-state index in [1.807, 2.05) is 6.92 Å². The summed E-state index contributed by atoms with van der Waals surface area (Å²) < 4.78 is 0. The van der Waals surface area contributed by atoms with E-state index in [-0.39, 0.29) is 11.2 Å². The first-order valence-corrected chi connectivity index (χ1v) is 5.86. The highest BCUT2D eigenvalue weighted by Crippen LogP contribution is 2.15. The Balaban J connectivity index is 3.37. The molecule has 0 amide bonds. The fourth-order valence-electron chi connectivity index (χ4n) is 1.51. The van der Waals surface area contributed by atoms with Gasteiger partial charge in [-0.3, -0.25) is 9.59 Å². The van der Waals surface area contributed by atoms with Gasteiger partial charge in [-0.25, -0.2) is 0 Å². The maximum atomic E-state index is 10.7. The van der Waals surface area contributed by atoms with E-state index in [0.717, 1.165) is 32.1 Å². The minimum absolute atomic E-state index is 0.209. The second kappa shape index (κ2) is 8.72. The average molecular weight is 235 g/mol. The van der Waals surface area contributed by atoms with E-state index < -0.39 is 5.97 Å². The monoisotopic (exact) mass is 234 g/mol. The minimum atomic E-state index is -0.701. The maximum Gasteiger partial charge on any atom is 0.306 e. The summed E-state index contributed by atoms with van der Waals surface area (Å²) in [6.07, 6.45) is 5.52. The van der Waals surface area contributed by atoms with Gasteiger partial charge in [0.1, 0.15) is 0 Å². The Labute approximate surface area is 95.8 Å². The van der Waals surface area contributed by atoms with Crippen LogP contribution in [-0.2, 0) is 9.59 Å². The van der Waals surface area contributed by atoms with Gasteiger partial charge in [0.25, 0.3) is 0 Å². The lowest BCUT2D eigenvalue weighted by atomic mass is 9.98. The van der Waals surface area contributed by atoms with Crippen LogP contribution >= 0.6 is 11.6 Å². The van der Waals surface area contributed by atoms with Gasteiger partial charge in [0.15, 0.2) is 0 Å². The molecule has 0 aliphatic rings. The van der Waals surface area contributed by atoms with Gasteiger partial charge in [-0.2, -0.15) is 0 Å². The van der Waals surface area contributed by atoms with Crippen LogP contribution in [0.3, 0.4) is 0 Å². The SMILES string of the molecule is CCC(CCCCCCC(=O)Cl)C(=O)O. The number of halogens is 1. The van der Waals surface area contributed by atoms with Crippen LogP contribution in [0.2, 0.25) is 0 Å². The molecule has 0 rings (SSSR count). The van der Waals surface area contributed by atoms with Gasteiger partial charge in [-0.1, -0.05) is 26.2 Å². The summed E-state index contributed by atoms with van der Waals surface area (Å²) in [6.45, 7) is 1.89. The summed E-state index contributed by atoms with van der Waals surface area (Å²) >= 11 is 5.19. The van der Waals surface area contributed by atoms with E-state index in [0.29, 0.717) is 12.8 Å². The summed E-state index contributed by atoms with van der Waals surface area (Å²) in [4.78, 5) is 21.1. The number of carboxylic acids is 1. The van der Waals surface area contributed by atoms with E-state index in [1.54, 1.807) is 0 Å². The number of unbranched alkanes of at least 4 members (excludes halogenated alkanes) is 3. The lowest BCUT2D eigenvalue weighted by Crippen LogP contribution is -2.12. The average Bonchev–Trinajstić information content (AvgIpc) is 2.15. The van der Waals surface area contributed by atoms with Crippen LogP contribution in [0, 0.1) is 5.92 Å². The third kappa shape index (κ3) is 8.43. The van der Waals surface area contributed by atoms with Crippen LogP contribution in [0.15, 0.2) is 0 Å². The number of hydrogen-bond acceptors (Lipinski definition) is 2. The molecule has 0 aliphatic heterocycles. The number of carbonyl (C=O) groups is 2. The first kappa shape index (κ1) is 14.4. The summed E-state index contributed by atoms with van der Waals surface area (Å²) in [6, 6.07) is 0. The Morgan fingerprint density at radius 1 is 1.20 bits per heavy atom. The molecule has 0 saturated heterocycles. The smallest absolute Gasteiger partial charge is 0.306 e. The van der Waals surface area contributed by atoms with Crippen molar-refractivity contribution in [1.82, 2.24) is 0 Å². The van der Waals surface area contributed by atoms with Gasteiger partial charge in [0, 0.05) is 6.42 Å². The third-order valence-electron chi connectivity index (χ3n) is 2.52. The first-order chi connectivity index (χ1) is 7.07. The number of hydrogen-bond donors (Lipinski definition) is 1. The Morgan fingerprint density at radius 2 is 1.80 bits per heavy atom. The van der Waals surface area contributed by atoms with Crippen molar-refractivity contribution in [2.75, 3.05) is 0 Å². The predicted octanol–water partition coefficient (Wildman–Crippen LogP) is 3.20. The fourth-order valence-corrected chi connectivity index (χ4v) is 1.64. The Morgan fingerprint density at radius 3 is 2.27 bits per heavy atom. The number of carboxylic acid groups (broad SMARTS) is 1. The molecule has 0 spiro atoms. The standard InChI is InChI=1S/C11H19ClO3/c1-2-9(11(14)15)7-5-3-4-6-8-10(12)13/h9H,2-8H2,1H3,(H,14,15). The van der Waals surface area contributed by atoms with Crippen molar-refractivity contribution in [3.63, 3.8) is 0 Å². The maximum absolute atomic E-state index is 10.7. The molecule has 15 heavy (non-hydrogen) atoms. The van der Waals surface area contributed by atoms with Crippen molar-refractivity contribution < 1.29 is 14.7 Å². The minimum Gasteiger partial charge on any atom is -0.481 e. The molecule has 1 unspecified atom stereocenters. The molecule has 4 heteroatoms. The zero-order chi connectivity index (χ0) is 11.7. The molecule has 0 aromatic heterocycles. The van der Waals surface area contributed by atoms with E-state index in [1.165, 1.54) is 0 Å². The topological polar surface area (TPSA) is 54.4 Å². The normalized spacial score (nSPS) is 12.4. The summed E-state index contributed by atoms with van der Waals surface area (Å²) in [7, 11) is 0. The van der Waals surface area contributed by atoms with Crippen molar-refractivity contribution in [3.8, 4) is 0 Å². The molecule has 1 N–H and O–H groups in total. The molecule has 1 atom stereocenters. The molecule has 0 aromatic rings. The summed E-state index contributed by atoms with van der Waals surface area (Å²) in [5.41, 5.74) is 0. The van der Waals surface area contributed by atoms with Gasteiger partial charge in [-0.05, 0) is 30.9 Å². The summed E-state index contributed by atoms with van der Waals surface area (Å²) in [5, 5.41) is 8.50.